The minimum atomic E-state index is -1.24. The lowest BCUT2D eigenvalue weighted by molar-refractivity contribution is -0.111. The number of ether oxygens (including phenoxy) is 2. The van der Waals surface area contributed by atoms with Gasteiger partial charge in [0.2, 0.25) is 6.41 Å². The van der Waals surface area contributed by atoms with Crippen molar-refractivity contribution in [3.63, 3.8) is 0 Å². The third-order valence-corrected chi connectivity index (χ3v) is 2.81. The van der Waals surface area contributed by atoms with Crippen LogP contribution in [0.2, 0.25) is 0 Å². The fourth-order valence-electron chi connectivity index (χ4n) is 1.42. The maximum absolute atomic E-state index is 13.7. The molecule has 0 saturated carbocycles. The highest BCUT2D eigenvalue weighted by Crippen LogP contribution is 2.17. The van der Waals surface area contributed by atoms with E-state index in [2.05, 4.69) is 16.0 Å². The van der Waals surface area contributed by atoms with Gasteiger partial charge in [-0.2, -0.15) is 0 Å². The lowest BCUT2D eigenvalue weighted by atomic mass is 10.0. The van der Waals surface area contributed by atoms with Crippen molar-refractivity contribution in [2.24, 2.45) is 0 Å². The predicted octanol–water partition coefficient (Wildman–Crippen LogP) is -0.309. The molecular formula is C13H28FN3O3. The summed E-state index contributed by atoms with van der Waals surface area (Å²) in [6, 6.07) is 0. The van der Waals surface area contributed by atoms with Gasteiger partial charge >= 0.3 is 0 Å². The molecule has 0 aromatic heterocycles. The molecule has 6 nitrogen and oxygen atoms in total. The van der Waals surface area contributed by atoms with Gasteiger partial charge < -0.3 is 25.4 Å². The van der Waals surface area contributed by atoms with Gasteiger partial charge in [-0.05, 0) is 20.9 Å². The highest BCUT2D eigenvalue weighted by Gasteiger charge is 2.29. The Balaban J connectivity index is 3.50. The van der Waals surface area contributed by atoms with Gasteiger partial charge in [-0.1, -0.05) is 0 Å². The van der Waals surface area contributed by atoms with Crippen molar-refractivity contribution >= 4 is 6.41 Å². The molecule has 7 heteroatoms. The molecule has 0 bridgehead atoms. The number of carbonyl (C=O) groups is 1. The molecule has 0 spiro atoms. The monoisotopic (exact) mass is 293 g/mol. The van der Waals surface area contributed by atoms with Crippen LogP contribution in [0.15, 0.2) is 0 Å². The number of alkyl halides is 1. The summed E-state index contributed by atoms with van der Waals surface area (Å²) in [6.45, 7) is 7.25. The number of hydrogen-bond donors (Lipinski definition) is 3. The first-order valence-electron chi connectivity index (χ1n) is 6.92. The average Bonchev–Trinajstić information content (AvgIpc) is 2.42. The van der Waals surface area contributed by atoms with Gasteiger partial charge in [0.15, 0.2) is 0 Å². The molecule has 1 unspecified atom stereocenters. The molecule has 0 heterocycles. The lowest BCUT2D eigenvalue weighted by Crippen LogP contribution is -2.43. The Morgan fingerprint density at radius 3 is 2.50 bits per heavy atom. The van der Waals surface area contributed by atoms with Gasteiger partial charge in [0.05, 0.1) is 32.0 Å². The molecule has 1 atom stereocenters. The highest BCUT2D eigenvalue weighted by molar-refractivity contribution is 5.45. The Hall–Kier alpha value is -0.760. The van der Waals surface area contributed by atoms with Crippen LogP contribution in [0.1, 0.15) is 13.8 Å². The molecular weight excluding hydrogens is 265 g/mol. The van der Waals surface area contributed by atoms with Crippen molar-refractivity contribution in [3.05, 3.63) is 0 Å². The zero-order chi connectivity index (χ0) is 15.3. The van der Waals surface area contributed by atoms with E-state index in [1.165, 1.54) is 0 Å². The van der Waals surface area contributed by atoms with Crippen LogP contribution in [-0.4, -0.2) is 71.2 Å². The molecule has 0 aromatic rings. The number of halogens is 1. The molecule has 0 radical (unpaired) electrons. The van der Waals surface area contributed by atoms with E-state index in [0.717, 1.165) is 13.1 Å². The number of hydrogen-bond acceptors (Lipinski definition) is 5. The van der Waals surface area contributed by atoms with E-state index in [1.807, 2.05) is 7.05 Å². The number of carbonyl (C=O) groups excluding carboxylic acids is 1. The third kappa shape index (κ3) is 10.1. The summed E-state index contributed by atoms with van der Waals surface area (Å²) in [7, 11) is 1.88. The quantitative estimate of drug-likeness (QED) is 0.303. The second kappa shape index (κ2) is 12.0. The summed E-state index contributed by atoms with van der Waals surface area (Å²) in [5, 5.41) is 8.46. The van der Waals surface area contributed by atoms with Gasteiger partial charge in [-0.3, -0.25) is 4.79 Å². The molecule has 0 fully saturated rings. The van der Waals surface area contributed by atoms with Crippen LogP contribution in [0.4, 0.5) is 4.39 Å². The van der Waals surface area contributed by atoms with Gasteiger partial charge in [-0.15, -0.1) is 0 Å². The smallest absolute Gasteiger partial charge is 0.207 e. The summed E-state index contributed by atoms with van der Waals surface area (Å²) in [4.78, 5) is 10.1. The highest BCUT2D eigenvalue weighted by atomic mass is 19.1. The summed E-state index contributed by atoms with van der Waals surface area (Å²) in [6.07, 6.45) is -0.754. The van der Waals surface area contributed by atoms with E-state index in [0.29, 0.717) is 32.8 Å². The lowest BCUT2D eigenvalue weighted by Gasteiger charge is -2.29. The van der Waals surface area contributed by atoms with Crippen molar-refractivity contribution in [2.75, 3.05) is 53.0 Å². The van der Waals surface area contributed by atoms with E-state index in [-0.39, 0.29) is 6.54 Å². The van der Waals surface area contributed by atoms with E-state index in [4.69, 9.17) is 9.47 Å². The molecule has 0 rings (SSSR count). The van der Waals surface area contributed by atoms with Crippen molar-refractivity contribution in [2.45, 2.75) is 25.6 Å². The maximum atomic E-state index is 13.7. The van der Waals surface area contributed by atoms with E-state index in [1.54, 1.807) is 13.8 Å². The van der Waals surface area contributed by atoms with Crippen LogP contribution in [-0.2, 0) is 14.3 Å². The average molecular weight is 293 g/mol. The largest absolute Gasteiger partial charge is 0.379 e. The van der Waals surface area contributed by atoms with E-state index in [9.17, 15) is 9.18 Å². The first-order valence-corrected chi connectivity index (χ1v) is 6.92. The van der Waals surface area contributed by atoms with Gasteiger partial charge in [0.1, 0.15) is 6.17 Å². The Morgan fingerprint density at radius 1 is 1.20 bits per heavy atom. The summed E-state index contributed by atoms with van der Waals surface area (Å²) >= 11 is 0. The Kier molecular flexibility index (Phi) is 11.6. The van der Waals surface area contributed by atoms with Crippen molar-refractivity contribution in [1.29, 1.82) is 0 Å². The SMILES string of the molecule is CNCCOCCNCCOC(C)(C)C(F)CNC=O. The Labute approximate surface area is 120 Å². The minimum absolute atomic E-state index is 0.0385. The number of likely N-dealkylation sites (N-methyl/N-ethyl adjacent to an activating group) is 1. The number of nitrogens with one attached hydrogen (secondary N) is 3. The van der Waals surface area contributed by atoms with Crippen LogP contribution >= 0.6 is 0 Å². The molecule has 0 aliphatic rings. The van der Waals surface area contributed by atoms with Crippen LogP contribution in [0.25, 0.3) is 0 Å². The standard InChI is InChI=1S/C13H28FN3O3/c1-13(2,12(14)10-17-11-18)20-9-6-16-5-8-19-7-4-15-3/h11-12,15-16H,4-10H2,1-3H3,(H,17,18). The number of amides is 1. The van der Waals surface area contributed by atoms with Crippen LogP contribution in [0, 0.1) is 0 Å². The Bertz CT molecular complexity index is 243. The third-order valence-electron chi connectivity index (χ3n) is 2.81. The van der Waals surface area contributed by atoms with Gasteiger partial charge in [0, 0.05) is 19.6 Å². The molecule has 0 aliphatic carbocycles. The normalized spacial score (nSPS) is 13.2. The van der Waals surface area contributed by atoms with Crippen LogP contribution < -0.4 is 16.0 Å². The topological polar surface area (TPSA) is 71.6 Å². The van der Waals surface area contributed by atoms with Gasteiger partial charge in [0.25, 0.3) is 0 Å². The first-order chi connectivity index (χ1) is 9.54. The molecule has 20 heavy (non-hydrogen) atoms. The van der Waals surface area contributed by atoms with Crippen LogP contribution in [0.3, 0.4) is 0 Å². The summed E-state index contributed by atoms with van der Waals surface area (Å²) < 4.78 is 24.5. The summed E-state index contributed by atoms with van der Waals surface area (Å²) in [5.74, 6) is 0. The molecule has 0 aromatic carbocycles. The minimum Gasteiger partial charge on any atom is -0.379 e. The van der Waals surface area contributed by atoms with E-state index < -0.39 is 11.8 Å². The maximum Gasteiger partial charge on any atom is 0.207 e. The second-order valence-electron chi connectivity index (χ2n) is 4.91. The molecule has 3 N–H and O–H groups in total. The molecule has 1 amide bonds. The molecule has 0 saturated heterocycles. The fourth-order valence-corrected chi connectivity index (χ4v) is 1.42. The van der Waals surface area contributed by atoms with Gasteiger partial charge in [-0.25, -0.2) is 4.39 Å². The number of rotatable bonds is 14. The summed E-state index contributed by atoms with van der Waals surface area (Å²) in [5.41, 5.74) is -0.916. The first kappa shape index (κ1) is 19.2. The van der Waals surface area contributed by atoms with Crippen LogP contribution in [0.5, 0.6) is 0 Å². The zero-order valence-corrected chi connectivity index (χ0v) is 12.7. The van der Waals surface area contributed by atoms with Crippen molar-refractivity contribution in [1.82, 2.24) is 16.0 Å². The van der Waals surface area contributed by atoms with Crippen molar-refractivity contribution in [3.8, 4) is 0 Å². The molecule has 120 valence electrons. The fraction of sp³-hybridized carbons (Fsp3) is 0.923. The van der Waals surface area contributed by atoms with E-state index >= 15 is 0 Å². The second-order valence-corrected chi connectivity index (χ2v) is 4.91. The molecule has 0 aliphatic heterocycles. The Morgan fingerprint density at radius 2 is 1.85 bits per heavy atom. The zero-order valence-electron chi connectivity index (χ0n) is 12.7. The van der Waals surface area contributed by atoms with Crippen molar-refractivity contribution < 1.29 is 18.7 Å². The predicted molar refractivity (Wildman–Crippen MR) is 76.6 cm³/mol.